The fourth-order valence-corrected chi connectivity index (χ4v) is 3.16. The molecule has 16 heavy (non-hydrogen) atoms. The molecule has 2 aliphatic rings. The normalized spacial score (nSPS) is 28.9. The molecule has 0 spiro atoms. The van der Waals surface area contributed by atoms with Crippen LogP contribution in [-0.2, 0) is 0 Å². The first kappa shape index (κ1) is 10.3. The zero-order valence-corrected chi connectivity index (χ0v) is 9.45. The van der Waals surface area contributed by atoms with E-state index in [-0.39, 0.29) is 5.82 Å². The molecule has 2 heteroatoms. The van der Waals surface area contributed by atoms with E-state index in [1.165, 1.54) is 30.4 Å². The van der Waals surface area contributed by atoms with Gasteiger partial charge in [0.25, 0.3) is 0 Å². The SMILES string of the molecule is NCC1CCC(C2CC2)c2ccc(F)cc21. The second-order valence-electron chi connectivity index (χ2n) is 5.23. The molecule has 2 N–H and O–H groups in total. The predicted octanol–water partition coefficient (Wildman–Crippen LogP) is 3.16. The monoisotopic (exact) mass is 219 g/mol. The number of hydrogen-bond donors (Lipinski definition) is 1. The molecule has 0 aromatic heterocycles. The minimum absolute atomic E-state index is 0.117. The third kappa shape index (κ3) is 1.65. The minimum Gasteiger partial charge on any atom is -0.330 e. The van der Waals surface area contributed by atoms with Crippen LogP contribution < -0.4 is 5.73 Å². The summed E-state index contributed by atoms with van der Waals surface area (Å²) in [5.74, 6) is 1.80. The average molecular weight is 219 g/mol. The Morgan fingerprint density at radius 3 is 2.62 bits per heavy atom. The quantitative estimate of drug-likeness (QED) is 0.812. The van der Waals surface area contributed by atoms with Crippen molar-refractivity contribution in [1.82, 2.24) is 0 Å². The van der Waals surface area contributed by atoms with Gasteiger partial charge in [-0.25, -0.2) is 4.39 Å². The van der Waals surface area contributed by atoms with Crippen LogP contribution in [0.4, 0.5) is 4.39 Å². The summed E-state index contributed by atoms with van der Waals surface area (Å²) in [6.45, 7) is 0.647. The minimum atomic E-state index is -0.117. The molecule has 0 amide bonds. The van der Waals surface area contributed by atoms with E-state index in [0.29, 0.717) is 18.4 Å². The number of benzene rings is 1. The molecule has 0 heterocycles. The fraction of sp³-hybridized carbons (Fsp3) is 0.571. The van der Waals surface area contributed by atoms with Crippen LogP contribution in [0.1, 0.15) is 48.6 Å². The van der Waals surface area contributed by atoms with Crippen molar-refractivity contribution in [2.75, 3.05) is 6.54 Å². The maximum atomic E-state index is 13.3. The lowest BCUT2D eigenvalue weighted by Gasteiger charge is -2.31. The summed E-state index contributed by atoms with van der Waals surface area (Å²) in [6.07, 6.45) is 5.09. The molecule has 2 atom stereocenters. The molecule has 1 saturated carbocycles. The van der Waals surface area contributed by atoms with Crippen molar-refractivity contribution in [1.29, 1.82) is 0 Å². The first-order chi connectivity index (χ1) is 7.79. The highest BCUT2D eigenvalue weighted by Gasteiger charge is 2.37. The second-order valence-corrected chi connectivity index (χ2v) is 5.23. The van der Waals surface area contributed by atoms with Gasteiger partial charge in [0.2, 0.25) is 0 Å². The van der Waals surface area contributed by atoms with Crippen molar-refractivity contribution >= 4 is 0 Å². The smallest absolute Gasteiger partial charge is 0.123 e. The van der Waals surface area contributed by atoms with Crippen LogP contribution in [0.2, 0.25) is 0 Å². The standard InChI is InChI=1S/C14H18FN/c15-11-4-6-13-12(9-1-2-9)5-3-10(8-16)14(13)7-11/h4,6-7,9-10,12H,1-3,5,8,16H2. The van der Waals surface area contributed by atoms with E-state index in [0.717, 1.165) is 12.3 Å². The Kier molecular flexibility index (Phi) is 2.47. The lowest BCUT2D eigenvalue weighted by atomic mass is 9.75. The van der Waals surface area contributed by atoms with Crippen molar-refractivity contribution in [2.45, 2.75) is 37.5 Å². The third-order valence-corrected chi connectivity index (χ3v) is 4.19. The van der Waals surface area contributed by atoms with Crippen molar-refractivity contribution in [2.24, 2.45) is 11.7 Å². The van der Waals surface area contributed by atoms with Crippen molar-refractivity contribution in [3.8, 4) is 0 Å². The van der Waals surface area contributed by atoms with Crippen LogP contribution in [0.25, 0.3) is 0 Å². The van der Waals surface area contributed by atoms with Gasteiger partial charge in [-0.15, -0.1) is 0 Å². The van der Waals surface area contributed by atoms with Gasteiger partial charge in [-0.3, -0.25) is 0 Å². The van der Waals surface area contributed by atoms with Crippen molar-refractivity contribution in [3.05, 3.63) is 35.1 Å². The first-order valence-electron chi connectivity index (χ1n) is 6.29. The molecule has 0 bridgehead atoms. The van der Waals surface area contributed by atoms with E-state index in [1.807, 2.05) is 6.07 Å². The van der Waals surface area contributed by atoms with Gasteiger partial charge in [0.1, 0.15) is 5.82 Å². The molecular formula is C14H18FN. The largest absolute Gasteiger partial charge is 0.330 e. The van der Waals surface area contributed by atoms with Gasteiger partial charge >= 0.3 is 0 Å². The van der Waals surface area contributed by atoms with Gasteiger partial charge in [0, 0.05) is 0 Å². The summed E-state index contributed by atoms with van der Waals surface area (Å²) in [5.41, 5.74) is 8.35. The number of halogens is 1. The van der Waals surface area contributed by atoms with Gasteiger partial charge in [0.15, 0.2) is 0 Å². The highest BCUT2D eigenvalue weighted by Crippen LogP contribution is 2.50. The Hall–Kier alpha value is -0.890. The summed E-state index contributed by atoms with van der Waals surface area (Å²) in [7, 11) is 0. The molecule has 0 saturated heterocycles. The number of nitrogens with two attached hydrogens (primary N) is 1. The molecule has 2 unspecified atom stereocenters. The van der Waals surface area contributed by atoms with Gasteiger partial charge in [0.05, 0.1) is 0 Å². The highest BCUT2D eigenvalue weighted by atomic mass is 19.1. The molecule has 1 fully saturated rings. The Bertz CT molecular complexity index is 398. The maximum Gasteiger partial charge on any atom is 0.123 e. The summed E-state index contributed by atoms with van der Waals surface area (Å²) in [5, 5.41) is 0. The van der Waals surface area contributed by atoms with Crippen LogP contribution in [0.3, 0.4) is 0 Å². The van der Waals surface area contributed by atoms with E-state index in [2.05, 4.69) is 0 Å². The molecule has 86 valence electrons. The van der Waals surface area contributed by atoms with Crippen molar-refractivity contribution in [3.63, 3.8) is 0 Å². The number of rotatable bonds is 2. The molecule has 0 radical (unpaired) electrons. The van der Waals surface area contributed by atoms with Gasteiger partial charge in [-0.2, -0.15) is 0 Å². The zero-order valence-electron chi connectivity index (χ0n) is 9.45. The summed E-state index contributed by atoms with van der Waals surface area (Å²) < 4.78 is 13.3. The molecule has 1 aromatic rings. The van der Waals surface area contributed by atoms with E-state index in [9.17, 15) is 4.39 Å². The first-order valence-corrected chi connectivity index (χ1v) is 6.29. The van der Waals surface area contributed by atoms with E-state index in [1.54, 1.807) is 12.1 Å². The molecular weight excluding hydrogens is 201 g/mol. The zero-order chi connectivity index (χ0) is 11.1. The van der Waals surface area contributed by atoms with E-state index in [4.69, 9.17) is 5.73 Å². The number of hydrogen-bond acceptors (Lipinski definition) is 1. The summed E-state index contributed by atoms with van der Waals surface area (Å²) in [6, 6.07) is 5.31. The Balaban J connectivity index is 2.02. The molecule has 3 rings (SSSR count). The van der Waals surface area contributed by atoms with Crippen molar-refractivity contribution < 1.29 is 4.39 Å². The van der Waals surface area contributed by atoms with Gasteiger partial charge in [-0.05, 0) is 73.2 Å². The second kappa shape index (κ2) is 3.85. The van der Waals surface area contributed by atoms with Crippen LogP contribution >= 0.6 is 0 Å². The highest BCUT2D eigenvalue weighted by molar-refractivity contribution is 5.37. The van der Waals surface area contributed by atoms with Gasteiger partial charge < -0.3 is 5.73 Å². The van der Waals surface area contributed by atoms with E-state index < -0.39 is 0 Å². The Labute approximate surface area is 95.8 Å². The lowest BCUT2D eigenvalue weighted by Crippen LogP contribution is -2.21. The molecule has 1 aromatic carbocycles. The lowest BCUT2D eigenvalue weighted by molar-refractivity contribution is 0.450. The number of fused-ring (bicyclic) bond motifs is 1. The molecule has 1 nitrogen and oxygen atoms in total. The summed E-state index contributed by atoms with van der Waals surface area (Å²) in [4.78, 5) is 0. The molecule has 0 aliphatic heterocycles. The Morgan fingerprint density at radius 1 is 1.12 bits per heavy atom. The predicted molar refractivity (Wildman–Crippen MR) is 62.9 cm³/mol. The van der Waals surface area contributed by atoms with Gasteiger partial charge in [-0.1, -0.05) is 6.07 Å². The third-order valence-electron chi connectivity index (χ3n) is 4.19. The average Bonchev–Trinajstić information content (AvgIpc) is 3.11. The van der Waals surface area contributed by atoms with Crippen LogP contribution in [0.15, 0.2) is 18.2 Å². The fourth-order valence-electron chi connectivity index (χ4n) is 3.16. The molecule has 2 aliphatic carbocycles. The summed E-state index contributed by atoms with van der Waals surface area (Å²) >= 11 is 0. The van der Waals surface area contributed by atoms with Crippen LogP contribution in [0, 0.1) is 11.7 Å². The Morgan fingerprint density at radius 2 is 1.94 bits per heavy atom. The van der Waals surface area contributed by atoms with Crippen LogP contribution in [0.5, 0.6) is 0 Å². The van der Waals surface area contributed by atoms with E-state index >= 15 is 0 Å². The van der Waals surface area contributed by atoms with Crippen LogP contribution in [-0.4, -0.2) is 6.54 Å². The maximum absolute atomic E-state index is 13.3. The topological polar surface area (TPSA) is 26.0 Å².